The summed E-state index contributed by atoms with van der Waals surface area (Å²) in [6, 6.07) is 4.75. The summed E-state index contributed by atoms with van der Waals surface area (Å²) in [5.41, 5.74) is -3.13. The fourth-order valence-corrected chi connectivity index (χ4v) is 4.82. The van der Waals surface area contributed by atoms with Crippen molar-refractivity contribution >= 4 is 35.2 Å². The molecule has 3 atom stereocenters. The first-order valence-corrected chi connectivity index (χ1v) is 12.9. The molecule has 0 spiro atoms. The highest BCUT2D eigenvalue weighted by molar-refractivity contribution is 6.30. The largest absolute Gasteiger partial charge is 0.506 e. The van der Waals surface area contributed by atoms with Crippen LogP contribution in [0.4, 0.5) is 28.0 Å². The van der Waals surface area contributed by atoms with Gasteiger partial charge in [0.1, 0.15) is 29.0 Å². The van der Waals surface area contributed by atoms with Crippen molar-refractivity contribution < 1.29 is 46.5 Å². The Balaban J connectivity index is 1.47. The van der Waals surface area contributed by atoms with Gasteiger partial charge in [0.05, 0.1) is 21.8 Å². The summed E-state index contributed by atoms with van der Waals surface area (Å²) in [6.45, 7) is 4.37. The van der Waals surface area contributed by atoms with Crippen molar-refractivity contribution in [2.75, 3.05) is 18.5 Å². The second-order valence-corrected chi connectivity index (χ2v) is 11.5. The molecule has 0 aromatic heterocycles. The molecule has 2 aromatic carbocycles. The molecular formula is C27H28ClF4N3O6. The normalized spacial score (nSPS) is 21.9. The van der Waals surface area contributed by atoms with Gasteiger partial charge in [-0.3, -0.25) is 14.5 Å². The first-order valence-electron chi connectivity index (χ1n) is 12.6. The van der Waals surface area contributed by atoms with Crippen molar-refractivity contribution in [1.82, 2.24) is 10.2 Å². The van der Waals surface area contributed by atoms with Crippen LogP contribution < -0.4 is 15.4 Å². The van der Waals surface area contributed by atoms with Gasteiger partial charge in [0.25, 0.3) is 5.91 Å². The van der Waals surface area contributed by atoms with Gasteiger partial charge in [-0.15, -0.1) is 0 Å². The molecule has 1 heterocycles. The summed E-state index contributed by atoms with van der Waals surface area (Å²) in [4.78, 5) is 40.2. The number of hydrogen-bond acceptors (Lipinski definition) is 6. The van der Waals surface area contributed by atoms with Gasteiger partial charge in [0.15, 0.2) is 6.61 Å². The molecule has 1 unspecified atom stereocenters. The Morgan fingerprint density at radius 2 is 1.85 bits per heavy atom. The Kier molecular flexibility index (Phi) is 8.05. The van der Waals surface area contributed by atoms with Crippen LogP contribution in [-0.4, -0.2) is 58.2 Å². The first kappa shape index (κ1) is 30.2. The quantitative estimate of drug-likeness (QED) is 0.313. The molecule has 1 aliphatic carbocycles. The summed E-state index contributed by atoms with van der Waals surface area (Å²) in [5, 5.41) is 15.2. The standard InChI is InChI=1S/C27H28ClF4N3O6/c1-25(2,3)41-24(39)35-13-26(34-22(37)12-40-16-5-6-17(28)18(29)10-16)11-15(26)8-20(35)23(38)33-19-7-4-14(9-21(19)36)27(30,31)32/h4-7,9-10,15,20,36H,8,11-13H2,1-3H3,(H,33,38)(H,34,37)/t15?,20-,26+/m1/s1. The van der Waals surface area contributed by atoms with Crippen LogP contribution in [0.3, 0.4) is 0 Å². The SMILES string of the molecule is CC(C)(C)OC(=O)N1C[C@@]2(NC(=O)COc3ccc(Cl)c(F)c3)CC2C[C@@H]1C(=O)Nc1ccc(C(F)(F)F)cc1O. The molecule has 1 saturated heterocycles. The number of phenolic OH excluding ortho intramolecular Hbond substituents is 1. The van der Waals surface area contributed by atoms with Crippen LogP contribution in [0.1, 0.15) is 39.2 Å². The Labute approximate surface area is 237 Å². The number of nitrogens with one attached hydrogen (secondary N) is 2. The van der Waals surface area contributed by atoms with E-state index in [0.717, 1.165) is 17.0 Å². The topological polar surface area (TPSA) is 117 Å². The van der Waals surface area contributed by atoms with Crippen molar-refractivity contribution in [3.8, 4) is 11.5 Å². The lowest BCUT2D eigenvalue weighted by atomic mass is 9.97. The van der Waals surface area contributed by atoms with E-state index in [1.54, 1.807) is 20.8 Å². The lowest BCUT2D eigenvalue weighted by Crippen LogP contribution is -2.59. The van der Waals surface area contributed by atoms with Crippen molar-refractivity contribution in [1.29, 1.82) is 0 Å². The predicted octanol–water partition coefficient (Wildman–Crippen LogP) is 5.11. The minimum Gasteiger partial charge on any atom is -0.506 e. The Hall–Kier alpha value is -3.74. The Morgan fingerprint density at radius 1 is 1.15 bits per heavy atom. The smallest absolute Gasteiger partial charge is 0.416 e. The average molecular weight is 602 g/mol. The number of fused-ring (bicyclic) bond motifs is 1. The average Bonchev–Trinajstić information content (AvgIpc) is 3.56. The molecule has 222 valence electrons. The molecule has 3 amide bonds. The molecule has 2 fully saturated rings. The number of alkyl halides is 3. The lowest BCUT2D eigenvalue weighted by molar-refractivity contribution is -0.137. The van der Waals surface area contributed by atoms with Crippen molar-refractivity contribution in [3.05, 3.63) is 52.8 Å². The summed E-state index contributed by atoms with van der Waals surface area (Å²) in [5.74, 6) is -2.90. The van der Waals surface area contributed by atoms with Crippen LogP contribution in [0, 0.1) is 11.7 Å². The number of benzene rings is 2. The fraction of sp³-hybridized carbons (Fsp3) is 0.444. The number of ether oxygens (including phenoxy) is 2. The second kappa shape index (κ2) is 10.9. The number of anilines is 1. The monoisotopic (exact) mass is 601 g/mol. The molecule has 0 radical (unpaired) electrons. The van der Waals surface area contributed by atoms with Crippen LogP contribution in [0.5, 0.6) is 11.5 Å². The van der Waals surface area contributed by atoms with E-state index >= 15 is 0 Å². The van der Waals surface area contributed by atoms with Gasteiger partial charge in [0.2, 0.25) is 5.91 Å². The number of rotatable bonds is 6. The maximum absolute atomic E-state index is 13.7. The molecule has 9 nitrogen and oxygen atoms in total. The van der Waals surface area contributed by atoms with Crippen molar-refractivity contribution in [2.24, 2.45) is 5.92 Å². The van der Waals surface area contributed by atoms with Gasteiger partial charge in [-0.1, -0.05) is 11.6 Å². The van der Waals surface area contributed by atoms with E-state index in [9.17, 15) is 37.1 Å². The van der Waals surface area contributed by atoms with Crippen LogP contribution in [-0.2, 0) is 20.5 Å². The minimum atomic E-state index is -4.69. The number of likely N-dealkylation sites (tertiary alicyclic amines) is 1. The zero-order chi connectivity index (χ0) is 30.3. The van der Waals surface area contributed by atoms with E-state index in [2.05, 4.69) is 10.6 Å². The van der Waals surface area contributed by atoms with Crippen LogP contribution >= 0.6 is 11.6 Å². The Bertz CT molecular complexity index is 1370. The zero-order valence-electron chi connectivity index (χ0n) is 22.3. The third-order valence-electron chi connectivity index (χ3n) is 6.73. The van der Waals surface area contributed by atoms with E-state index in [4.69, 9.17) is 21.1 Å². The number of piperidine rings is 1. The number of phenols is 1. The molecule has 2 aromatic rings. The zero-order valence-corrected chi connectivity index (χ0v) is 23.0. The van der Waals surface area contributed by atoms with Gasteiger partial charge in [-0.2, -0.15) is 13.2 Å². The molecule has 2 aliphatic rings. The van der Waals surface area contributed by atoms with E-state index in [0.29, 0.717) is 18.6 Å². The van der Waals surface area contributed by atoms with Crippen LogP contribution in [0.2, 0.25) is 5.02 Å². The molecule has 1 aliphatic heterocycles. The molecule has 1 saturated carbocycles. The first-order chi connectivity index (χ1) is 19.0. The number of amides is 3. The molecule has 41 heavy (non-hydrogen) atoms. The summed E-state index contributed by atoms with van der Waals surface area (Å²) in [6.07, 6.45) is -4.98. The van der Waals surface area contributed by atoms with Gasteiger partial charge in [0, 0.05) is 12.6 Å². The summed E-state index contributed by atoms with van der Waals surface area (Å²) in [7, 11) is 0. The van der Waals surface area contributed by atoms with Gasteiger partial charge < -0.3 is 25.2 Å². The number of hydrogen-bond donors (Lipinski definition) is 3. The summed E-state index contributed by atoms with van der Waals surface area (Å²) < 4.78 is 63.3. The highest BCUT2D eigenvalue weighted by Crippen LogP contribution is 2.51. The third-order valence-corrected chi connectivity index (χ3v) is 7.04. The molecule has 0 bridgehead atoms. The lowest BCUT2D eigenvalue weighted by Gasteiger charge is -2.39. The molecule has 14 heteroatoms. The highest BCUT2D eigenvalue weighted by atomic mass is 35.5. The number of nitrogens with zero attached hydrogens (tertiary/aromatic N) is 1. The maximum atomic E-state index is 13.7. The summed E-state index contributed by atoms with van der Waals surface area (Å²) >= 11 is 5.65. The number of carbonyl (C=O) groups is 3. The number of carbonyl (C=O) groups excluding carboxylic acids is 3. The van der Waals surface area contributed by atoms with E-state index < -0.39 is 65.0 Å². The highest BCUT2D eigenvalue weighted by Gasteiger charge is 2.62. The second-order valence-electron chi connectivity index (χ2n) is 11.0. The van der Waals surface area contributed by atoms with Gasteiger partial charge in [-0.05, 0) is 69.9 Å². The van der Waals surface area contributed by atoms with Crippen molar-refractivity contribution in [3.63, 3.8) is 0 Å². The van der Waals surface area contributed by atoms with E-state index in [1.165, 1.54) is 12.1 Å². The molecule has 3 N–H and O–H groups in total. The number of aromatic hydroxyl groups is 1. The maximum Gasteiger partial charge on any atom is 0.416 e. The van der Waals surface area contributed by atoms with Gasteiger partial charge >= 0.3 is 12.3 Å². The predicted molar refractivity (Wildman–Crippen MR) is 139 cm³/mol. The Morgan fingerprint density at radius 3 is 2.46 bits per heavy atom. The fourth-order valence-electron chi connectivity index (χ4n) is 4.71. The molecule has 4 rings (SSSR count). The van der Waals surface area contributed by atoms with E-state index in [1.807, 2.05) is 0 Å². The van der Waals surface area contributed by atoms with Crippen LogP contribution in [0.15, 0.2) is 36.4 Å². The molecular weight excluding hydrogens is 574 g/mol. The van der Waals surface area contributed by atoms with Crippen LogP contribution in [0.25, 0.3) is 0 Å². The van der Waals surface area contributed by atoms with E-state index in [-0.39, 0.29) is 35.3 Å². The number of halogens is 5. The van der Waals surface area contributed by atoms with Crippen molar-refractivity contribution in [2.45, 2.75) is 57.0 Å². The van der Waals surface area contributed by atoms with Gasteiger partial charge in [-0.25, -0.2) is 9.18 Å². The third kappa shape index (κ3) is 7.13. The minimum absolute atomic E-state index is 0.0918.